The van der Waals surface area contributed by atoms with E-state index in [-0.39, 0.29) is 17.4 Å². The molecule has 2 saturated carbocycles. The van der Waals surface area contributed by atoms with Gasteiger partial charge in [0.25, 0.3) is 0 Å². The molecule has 114 valence electrons. The van der Waals surface area contributed by atoms with Crippen LogP contribution in [0.3, 0.4) is 0 Å². The Morgan fingerprint density at radius 1 is 1.38 bits per heavy atom. The summed E-state index contributed by atoms with van der Waals surface area (Å²) in [6.07, 6.45) is 5.61. The molecule has 3 nitrogen and oxygen atoms in total. The molecule has 0 heterocycles. The highest BCUT2D eigenvalue weighted by Gasteiger charge is 2.45. The van der Waals surface area contributed by atoms with E-state index in [4.69, 9.17) is 0 Å². The van der Waals surface area contributed by atoms with Crippen LogP contribution >= 0.6 is 0 Å². The summed E-state index contributed by atoms with van der Waals surface area (Å²) in [5, 5.41) is 12.7. The molecule has 2 atom stereocenters. The molecule has 0 spiro atoms. The molecule has 1 aromatic carbocycles. The monoisotopic (exact) mass is 287 g/mol. The van der Waals surface area contributed by atoms with Crippen molar-refractivity contribution in [3.63, 3.8) is 0 Å². The van der Waals surface area contributed by atoms with Crippen LogP contribution in [0.2, 0.25) is 0 Å². The first kappa shape index (κ1) is 14.6. The van der Waals surface area contributed by atoms with Crippen molar-refractivity contribution in [2.24, 2.45) is 5.92 Å². The summed E-state index contributed by atoms with van der Waals surface area (Å²) in [5.41, 5.74) is 2.08. The van der Waals surface area contributed by atoms with E-state index in [9.17, 15) is 9.90 Å². The molecule has 0 saturated heterocycles. The van der Waals surface area contributed by atoms with Gasteiger partial charge in [-0.3, -0.25) is 4.79 Å². The molecular weight excluding hydrogens is 262 g/mol. The lowest BCUT2D eigenvalue weighted by Crippen LogP contribution is -2.50. The van der Waals surface area contributed by atoms with Gasteiger partial charge in [0.05, 0.1) is 11.5 Å². The minimum Gasteiger partial charge on any atom is -0.393 e. The minimum absolute atomic E-state index is 0.165. The van der Waals surface area contributed by atoms with Crippen LogP contribution in [-0.2, 0) is 10.2 Å². The van der Waals surface area contributed by atoms with Crippen molar-refractivity contribution < 1.29 is 9.90 Å². The summed E-state index contributed by atoms with van der Waals surface area (Å²) in [7, 11) is 0. The molecule has 1 aromatic rings. The minimum atomic E-state index is -0.302. The molecule has 21 heavy (non-hydrogen) atoms. The molecule has 0 radical (unpaired) electrons. The third-order valence-electron chi connectivity index (χ3n) is 5.28. The Morgan fingerprint density at radius 2 is 2.19 bits per heavy atom. The number of carbonyl (C=O) groups is 1. The quantitative estimate of drug-likeness (QED) is 0.894. The van der Waals surface area contributed by atoms with Gasteiger partial charge >= 0.3 is 0 Å². The van der Waals surface area contributed by atoms with Gasteiger partial charge in [-0.2, -0.15) is 0 Å². The smallest absolute Gasteiger partial charge is 0.230 e. The maximum atomic E-state index is 12.7. The van der Waals surface area contributed by atoms with Gasteiger partial charge in [0, 0.05) is 6.54 Å². The second kappa shape index (κ2) is 5.80. The third-order valence-corrected chi connectivity index (χ3v) is 5.28. The standard InChI is InChI=1S/C18H25NO2/c1-13-4-2-5-15(10-13)18(8-3-9-18)17(21)19-12-14-6-7-16(20)11-14/h2,4-5,10,14,16,20H,3,6-9,11-12H2,1H3,(H,19,21). The van der Waals surface area contributed by atoms with E-state index in [1.165, 1.54) is 5.56 Å². The SMILES string of the molecule is Cc1cccc(C2(C(=O)NCC3CCC(O)C3)CCC2)c1. The van der Waals surface area contributed by atoms with E-state index < -0.39 is 0 Å². The largest absolute Gasteiger partial charge is 0.393 e. The van der Waals surface area contributed by atoms with Crippen molar-refractivity contribution in [2.45, 2.75) is 57.0 Å². The molecule has 1 amide bonds. The number of carbonyl (C=O) groups excluding carboxylic acids is 1. The summed E-state index contributed by atoms with van der Waals surface area (Å²) in [6.45, 7) is 2.79. The van der Waals surface area contributed by atoms with E-state index in [1.807, 2.05) is 6.07 Å². The van der Waals surface area contributed by atoms with E-state index in [2.05, 4.69) is 30.4 Å². The summed E-state index contributed by atoms with van der Waals surface area (Å²) < 4.78 is 0. The van der Waals surface area contributed by atoms with Crippen molar-refractivity contribution in [1.82, 2.24) is 5.32 Å². The molecule has 3 heteroatoms. The molecule has 2 aliphatic rings. The number of rotatable bonds is 4. The predicted molar refractivity (Wildman–Crippen MR) is 83.1 cm³/mol. The second-order valence-corrected chi connectivity index (χ2v) is 6.85. The van der Waals surface area contributed by atoms with Crippen LogP contribution < -0.4 is 5.32 Å². The van der Waals surface area contributed by atoms with Gasteiger partial charge in [-0.05, 0) is 50.5 Å². The fraction of sp³-hybridized carbons (Fsp3) is 0.611. The predicted octanol–water partition coefficient (Wildman–Crippen LogP) is 2.69. The van der Waals surface area contributed by atoms with E-state index in [0.29, 0.717) is 12.5 Å². The molecule has 2 aliphatic carbocycles. The summed E-state index contributed by atoms with van der Waals surface area (Å²) in [4.78, 5) is 12.7. The van der Waals surface area contributed by atoms with E-state index in [0.717, 1.165) is 44.1 Å². The highest BCUT2D eigenvalue weighted by Crippen LogP contribution is 2.44. The lowest BCUT2D eigenvalue weighted by Gasteiger charge is -2.41. The first-order chi connectivity index (χ1) is 10.1. The van der Waals surface area contributed by atoms with Crippen LogP contribution in [0.15, 0.2) is 24.3 Å². The molecule has 0 aliphatic heterocycles. The van der Waals surface area contributed by atoms with Crippen LogP contribution in [0.4, 0.5) is 0 Å². The fourth-order valence-corrected chi connectivity index (χ4v) is 3.76. The topological polar surface area (TPSA) is 49.3 Å². The number of aliphatic hydroxyl groups excluding tert-OH is 1. The van der Waals surface area contributed by atoms with Crippen LogP contribution in [0.5, 0.6) is 0 Å². The van der Waals surface area contributed by atoms with Crippen LogP contribution in [0, 0.1) is 12.8 Å². The summed E-state index contributed by atoms with van der Waals surface area (Å²) in [6, 6.07) is 8.36. The number of hydrogen-bond donors (Lipinski definition) is 2. The zero-order chi connectivity index (χ0) is 14.9. The first-order valence-corrected chi connectivity index (χ1v) is 8.14. The second-order valence-electron chi connectivity index (χ2n) is 6.85. The fourth-order valence-electron chi connectivity index (χ4n) is 3.76. The summed E-state index contributed by atoms with van der Waals surface area (Å²) >= 11 is 0. The number of benzene rings is 1. The molecule has 2 N–H and O–H groups in total. The number of hydrogen-bond acceptors (Lipinski definition) is 2. The van der Waals surface area contributed by atoms with E-state index >= 15 is 0 Å². The lowest BCUT2D eigenvalue weighted by atomic mass is 9.63. The number of amides is 1. The first-order valence-electron chi connectivity index (χ1n) is 8.14. The molecule has 3 rings (SSSR count). The van der Waals surface area contributed by atoms with Crippen molar-refractivity contribution in [1.29, 1.82) is 0 Å². The van der Waals surface area contributed by atoms with Gasteiger partial charge in [-0.1, -0.05) is 36.2 Å². The zero-order valence-electron chi connectivity index (χ0n) is 12.8. The van der Waals surface area contributed by atoms with Crippen LogP contribution in [0.1, 0.15) is 49.7 Å². The Balaban J connectivity index is 1.66. The Kier molecular flexibility index (Phi) is 4.03. The van der Waals surface area contributed by atoms with Gasteiger partial charge in [0.1, 0.15) is 0 Å². The Labute approximate surface area is 126 Å². The molecular formula is C18H25NO2. The van der Waals surface area contributed by atoms with Gasteiger partial charge < -0.3 is 10.4 Å². The number of aryl methyl sites for hydroxylation is 1. The van der Waals surface area contributed by atoms with Crippen LogP contribution in [-0.4, -0.2) is 23.7 Å². The Hall–Kier alpha value is -1.35. The average Bonchev–Trinajstić information content (AvgIpc) is 2.81. The van der Waals surface area contributed by atoms with E-state index in [1.54, 1.807) is 0 Å². The number of nitrogens with one attached hydrogen (secondary N) is 1. The van der Waals surface area contributed by atoms with Crippen molar-refractivity contribution in [3.8, 4) is 0 Å². The zero-order valence-corrected chi connectivity index (χ0v) is 12.8. The van der Waals surface area contributed by atoms with Crippen LogP contribution in [0.25, 0.3) is 0 Å². The lowest BCUT2D eigenvalue weighted by molar-refractivity contribution is -0.130. The normalized spacial score (nSPS) is 27.1. The summed E-state index contributed by atoms with van der Waals surface area (Å²) in [5.74, 6) is 0.624. The van der Waals surface area contributed by atoms with Gasteiger partial charge in [0.2, 0.25) is 5.91 Å². The third kappa shape index (κ3) is 2.84. The number of aliphatic hydroxyl groups is 1. The molecule has 2 unspecified atom stereocenters. The average molecular weight is 287 g/mol. The molecule has 0 aromatic heterocycles. The van der Waals surface area contributed by atoms with Crippen molar-refractivity contribution >= 4 is 5.91 Å². The Bertz CT molecular complexity index is 522. The molecule has 2 fully saturated rings. The van der Waals surface area contributed by atoms with Crippen molar-refractivity contribution in [3.05, 3.63) is 35.4 Å². The highest BCUT2D eigenvalue weighted by atomic mass is 16.3. The maximum absolute atomic E-state index is 12.7. The van der Waals surface area contributed by atoms with Gasteiger partial charge in [-0.15, -0.1) is 0 Å². The van der Waals surface area contributed by atoms with Gasteiger partial charge in [0.15, 0.2) is 0 Å². The van der Waals surface area contributed by atoms with Gasteiger partial charge in [-0.25, -0.2) is 0 Å². The van der Waals surface area contributed by atoms with Crippen molar-refractivity contribution in [2.75, 3.05) is 6.54 Å². The Morgan fingerprint density at radius 3 is 2.76 bits per heavy atom. The highest BCUT2D eigenvalue weighted by molar-refractivity contribution is 5.89. The molecule has 0 bridgehead atoms. The maximum Gasteiger partial charge on any atom is 0.230 e.